The summed E-state index contributed by atoms with van der Waals surface area (Å²) in [5.41, 5.74) is 1.53. The number of halogens is 2. The molecule has 0 amide bonds. The summed E-state index contributed by atoms with van der Waals surface area (Å²) in [5.74, 6) is -0.0446. The van der Waals surface area contributed by atoms with Gasteiger partial charge in [0.2, 0.25) is 0 Å². The number of rotatable bonds is 4. The summed E-state index contributed by atoms with van der Waals surface area (Å²) in [5, 5.41) is 8.16. The minimum absolute atomic E-state index is 0.266. The molecule has 0 saturated carbocycles. The molecule has 0 fully saturated rings. The molecule has 0 aliphatic heterocycles. The number of nitrogens with one attached hydrogen (secondary N) is 1. The highest BCUT2D eigenvalue weighted by Crippen LogP contribution is 2.28. The van der Waals surface area contributed by atoms with Crippen LogP contribution in [0.5, 0.6) is 0 Å². The van der Waals surface area contributed by atoms with Gasteiger partial charge in [0.25, 0.3) is 0 Å². The number of ether oxygens (including phenoxy) is 1. The van der Waals surface area contributed by atoms with E-state index in [-0.39, 0.29) is 12.2 Å². The molecule has 23 heavy (non-hydrogen) atoms. The highest BCUT2D eigenvalue weighted by atomic mass is 35.5. The Hall–Kier alpha value is -2.31. The second-order valence-corrected chi connectivity index (χ2v) is 5.41. The van der Waals surface area contributed by atoms with Crippen LogP contribution in [-0.4, -0.2) is 27.2 Å². The van der Waals surface area contributed by atoms with Gasteiger partial charge >= 0.3 is 5.97 Å². The van der Waals surface area contributed by atoms with Crippen LogP contribution in [0.2, 0.25) is 10.0 Å². The monoisotopic (exact) mass is 350 g/mol. The van der Waals surface area contributed by atoms with E-state index in [2.05, 4.69) is 15.4 Å². The maximum atomic E-state index is 12.2. The molecule has 0 aliphatic rings. The Kier molecular flexibility index (Phi) is 4.36. The maximum Gasteiger partial charge on any atom is 0.343 e. The lowest BCUT2D eigenvalue weighted by Gasteiger charge is -2.13. The van der Waals surface area contributed by atoms with Crippen molar-refractivity contribution >= 4 is 46.3 Å². The number of benzene rings is 1. The molecule has 3 aromatic rings. The zero-order chi connectivity index (χ0) is 16.4. The van der Waals surface area contributed by atoms with Gasteiger partial charge in [-0.2, -0.15) is 9.61 Å². The molecule has 1 aromatic carbocycles. The number of hydrogen-bond acceptors (Lipinski definition) is 5. The molecule has 0 saturated heterocycles. The fraction of sp³-hybridized carbons (Fsp3) is 0.133. The van der Waals surface area contributed by atoms with Crippen LogP contribution in [0, 0.1) is 0 Å². The Bertz CT molecular complexity index is 879. The molecule has 2 heterocycles. The van der Waals surface area contributed by atoms with Crippen molar-refractivity contribution in [3.63, 3.8) is 0 Å². The fourth-order valence-electron chi connectivity index (χ4n) is 2.06. The van der Waals surface area contributed by atoms with E-state index in [1.54, 1.807) is 37.4 Å². The molecule has 118 valence electrons. The number of aromatic nitrogens is 3. The molecule has 0 aliphatic carbocycles. The first-order valence-electron chi connectivity index (χ1n) is 6.82. The fourth-order valence-corrected chi connectivity index (χ4v) is 2.36. The van der Waals surface area contributed by atoms with E-state index < -0.39 is 5.97 Å². The Morgan fingerprint density at radius 2 is 2.13 bits per heavy atom. The maximum absolute atomic E-state index is 12.2. The summed E-state index contributed by atoms with van der Waals surface area (Å²) in [6.45, 7) is 2.01. The first kappa shape index (κ1) is 15.6. The zero-order valence-corrected chi connectivity index (χ0v) is 13.6. The predicted molar refractivity (Wildman–Crippen MR) is 88.7 cm³/mol. The molecule has 0 atom stereocenters. The van der Waals surface area contributed by atoms with Crippen molar-refractivity contribution in [3.05, 3.63) is 52.3 Å². The summed E-state index contributed by atoms with van der Waals surface area (Å²) in [6.07, 6.45) is 3.05. The van der Waals surface area contributed by atoms with Gasteiger partial charge in [0.15, 0.2) is 11.5 Å². The van der Waals surface area contributed by atoms with E-state index in [9.17, 15) is 4.79 Å². The van der Waals surface area contributed by atoms with Crippen molar-refractivity contribution < 1.29 is 9.53 Å². The van der Waals surface area contributed by atoms with Crippen molar-refractivity contribution in [2.45, 2.75) is 6.92 Å². The minimum Gasteiger partial charge on any atom is -0.462 e. The summed E-state index contributed by atoms with van der Waals surface area (Å²) in [7, 11) is 0. The smallest absolute Gasteiger partial charge is 0.343 e. The third-order valence-electron chi connectivity index (χ3n) is 3.09. The van der Waals surface area contributed by atoms with Crippen LogP contribution in [0.1, 0.15) is 17.3 Å². The van der Waals surface area contributed by atoms with E-state index in [0.29, 0.717) is 27.2 Å². The molecule has 0 unspecified atom stereocenters. The Morgan fingerprint density at radius 1 is 1.30 bits per heavy atom. The minimum atomic E-state index is -0.486. The number of fused-ring (bicyclic) bond motifs is 1. The van der Waals surface area contributed by atoms with E-state index in [1.807, 2.05) is 0 Å². The molecule has 6 nitrogen and oxygen atoms in total. The van der Waals surface area contributed by atoms with E-state index in [1.165, 1.54) is 10.7 Å². The van der Waals surface area contributed by atoms with Gasteiger partial charge in [0, 0.05) is 18.0 Å². The topological polar surface area (TPSA) is 68.5 Å². The van der Waals surface area contributed by atoms with E-state index >= 15 is 0 Å². The van der Waals surface area contributed by atoms with Crippen molar-refractivity contribution in [1.82, 2.24) is 14.6 Å². The average Bonchev–Trinajstić information content (AvgIpc) is 3.00. The molecule has 0 bridgehead atoms. The van der Waals surface area contributed by atoms with Gasteiger partial charge in [-0.25, -0.2) is 9.78 Å². The van der Waals surface area contributed by atoms with Crippen LogP contribution in [0.3, 0.4) is 0 Å². The lowest BCUT2D eigenvalue weighted by molar-refractivity contribution is 0.0526. The van der Waals surface area contributed by atoms with Gasteiger partial charge in [0.05, 0.1) is 22.8 Å². The van der Waals surface area contributed by atoms with Crippen LogP contribution in [0.25, 0.3) is 5.65 Å². The molecule has 1 N–H and O–H groups in total. The highest BCUT2D eigenvalue weighted by Gasteiger charge is 2.18. The summed E-state index contributed by atoms with van der Waals surface area (Å²) < 4.78 is 6.59. The third-order valence-corrected chi connectivity index (χ3v) is 3.83. The van der Waals surface area contributed by atoms with Crippen LogP contribution in [-0.2, 0) is 4.74 Å². The van der Waals surface area contributed by atoms with Crippen molar-refractivity contribution in [3.8, 4) is 0 Å². The number of nitrogens with zero attached hydrogens (tertiary/aromatic N) is 3. The van der Waals surface area contributed by atoms with Crippen LogP contribution in [0.4, 0.5) is 11.5 Å². The predicted octanol–water partition coefficient (Wildman–Crippen LogP) is 3.96. The van der Waals surface area contributed by atoms with Gasteiger partial charge < -0.3 is 10.1 Å². The van der Waals surface area contributed by atoms with Crippen LogP contribution < -0.4 is 5.32 Å². The summed E-state index contributed by atoms with van der Waals surface area (Å²) in [4.78, 5) is 16.3. The molecule has 2 aromatic heterocycles. The highest BCUT2D eigenvalue weighted by molar-refractivity contribution is 6.42. The first-order chi connectivity index (χ1) is 11.1. The van der Waals surface area contributed by atoms with E-state index in [0.717, 1.165) is 0 Å². The van der Waals surface area contributed by atoms with Gasteiger partial charge in [-0.3, -0.25) is 0 Å². The number of carbonyl (C=O) groups excluding carboxylic acids is 1. The summed E-state index contributed by atoms with van der Waals surface area (Å²) in [6, 6.07) is 6.81. The number of anilines is 2. The molecule has 3 rings (SSSR count). The Morgan fingerprint density at radius 3 is 2.87 bits per heavy atom. The second kappa shape index (κ2) is 6.44. The van der Waals surface area contributed by atoms with Crippen molar-refractivity contribution in [2.75, 3.05) is 11.9 Å². The lowest BCUT2D eigenvalue weighted by Crippen LogP contribution is -2.12. The molecular formula is C15H12Cl2N4O2. The zero-order valence-electron chi connectivity index (χ0n) is 12.1. The number of carbonyl (C=O) groups is 1. The van der Waals surface area contributed by atoms with Crippen molar-refractivity contribution in [2.24, 2.45) is 0 Å². The van der Waals surface area contributed by atoms with Crippen LogP contribution in [0.15, 0.2) is 36.7 Å². The van der Waals surface area contributed by atoms with E-state index in [4.69, 9.17) is 27.9 Å². The lowest BCUT2D eigenvalue weighted by atomic mass is 10.2. The Balaban J connectivity index is 2.09. The quantitative estimate of drug-likeness (QED) is 0.721. The number of hydrogen-bond donors (Lipinski definition) is 1. The standard InChI is InChI=1S/C15H12Cl2N4O2/c1-2-23-15(22)10-8-18-13-5-6-19-21(13)14(10)20-9-3-4-11(16)12(17)7-9/h3-8,20H,2H2,1H3. The SMILES string of the molecule is CCOC(=O)c1cnc2ccnn2c1Nc1ccc(Cl)c(Cl)c1. The van der Waals surface area contributed by atoms with Gasteiger partial charge in [-0.15, -0.1) is 0 Å². The largest absolute Gasteiger partial charge is 0.462 e. The second-order valence-electron chi connectivity index (χ2n) is 4.60. The third kappa shape index (κ3) is 3.09. The van der Waals surface area contributed by atoms with Gasteiger partial charge in [0.1, 0.15) is 5.56 Å². The molecular weight excluding hydrogens is 339 g/mol. The molecule has 0 radical (unpaired) electrons. The van der Waals surface area contributed by atoms with Gasteiger partial charge in [-0.1, -0.05) is 23.2 Å². The van der Waals surface area contributed by atoms with Crippen LogP contribution >= 0.6 is 23.2 Å². The Labute approximate surface area is 142 Å². The first-order valence-corrected chi connectivity index (χ1v) is 7.57. The molecule has 0 spiro atoms. The normalized spacial score (nSPS) is 10.7. The average molecular weight is 351 g/mol. The van der Waals surface area contributed by atoms with Crippen molar-refractivity contribution in [1.29, 1.82) is 0 Å². The number of esters is 1. The summed E-state index contributed by atoms with van der Waals surface area (Å²) >= 11 is 12.0. The van der Waals surface area contributed by atoms with Gasteiger partial charge in [-0.05, 0) is 25.1 Å². The molecule has 8 heteroatoms.